The number of anilines is 1. The van der Waals surface area contributed by atoms with Crippen molar-refractivity contribution in [1.82, 2.24) is 14.5 Å². The Bertz CT molecular complexity index is 777. The Morgan fingerprint density at radius 2 is 2.05 bits per heavy atom. The Balaban J connectivity index is 1.85. The van der Waals surface area contributed by atoms with E-state index >= 15 is 0 Å². The van der Waals surface area contributed by atoms with Gasteiger partial charge in [-0.2, -0.15) is 0 Å². The van der Waals surface area contributed by atoms with Crippen LogP contribution in [0.3, 0.4) is 0 Å². The number of nitrogens with one attached hydrogen (secondary N) is 1. The molecule has 3 heterocycles. The predicted octanol–water partition coefficient (Wildman–Crippen LogP) is 3.20. The average molecular weight is 298 g/mol. The van der Waals surface area contributed by atoms with Crippen molar-refractivity contribution in [3.05, 3.63) is 59.0 Å². The van der Waals surface area contributed by atoms with E-state index in [4.69, 9.17) is 0 Å². The summed E-state index contributed by atoms with van der Waals surface area (Å²) in [5.74, 6) is 0.372. The van der Waals surface area contributed by atoms with Crippen molar-refractivity contribution >= 4 is 23.1 Å². The zero-order valence-corrected chi connectivity index (χ0v) is 12.5. The lowest BCUT2D eigenvalue weighted by Gasteiger charge is -2.03. The number of nitrogens with zero attached hydrogens (tertiary/aromatic N) is 3. The summed E-state index contributed by atoms with van der Waals surface area (Å²) < 4.78 is 1.89. The molecule has 0 saturated carbocycles. The molecule has 0 aliphatic carbocycles. The first-order chi connectivity index (χ1) is 10.1. The van der Waals surface area contributed by atoms with Crippen molar-refractivity contribution in [2.45, 2.75) is 13.8 Å². The maximum absolute atomic E-state index is 12.3. The standard InChI is InChI=1S/C15H14N4OS/c1-10-5-6-16-12(9-10)18-14(20)13-11(2)17-15(21-13)19-7-3-4-8-19/h3-9H,1-2H3,(H,16,18,20). The number of aromatic nitrogens is 3. The lowest BCUT2D eigenvalue weighted by atomic mass is 10.3. The Morgan fingerprint density at radius 1 is 1.29 bits per heavy atom. The maximum atomic E-state index is 12.3. The van der Waals surface area contributed by atoms with Gasteiger partial charge in [0.1, 0.15) is 10.7 Å². The third kappa shape index (κ3) is 2.85. The van der Waals surface area contributed by atoms with E-state index in [0.29, 0.717) is 16.4 Å². The fourth-order valence-corrected chi connectivity index (χ4v) is 2.87. The van der Waals surface area contributed by atoms with Gasteiger partial charge in [-0.3, -0.25) is 4.79 Å². The van der Waals surface area contributed by atoms with Crippen LogP contribution in [0.15, 0.2) is 42.9 Å². The summed E-state index contributed by atoms with van der Waals surface area (Å²) in [4.78, 5) is 21.5. The van der Waals surface area contributed by atoms with Crippen LogP contribution >= 0.6 is 11.3 Å². The minimum absolute atomic E-state index is 0.179. The molecule has 6 heteroatoms. The van der Waals surface area contributed by atoms with Crippen LogP contribution in [0.5, 0.6) is 0 Å². The van der Waals surface area contributed by atoms with Gasteiger partial charge in [0.2, 0.25) is 0 Å². The van der Waals surface area contributed by atoms with Crippen LogP contribution in [0.25, 0.3) is 5.13 Å². The summed E-state index contributed by atoms with van der Waals surface area (Å²) in [5.41, 5.74) is 1.77. The van der Waals surface area contributed by atoms with Crippen molar-refractivity contribution in [2.75, 3.05) is 5.32 Å². The van der Waals surface area contributed by atoms with Crippen LogP contribution in [0.2, 0.25) is 0 Å². The number of rotatable bonds is 3. The van der Waals surface area contributed by atoms with E-state index in [1.54, 1.807) is 6.20 Å². The Hall–Kier alpha value is -2.47. The SMILES string of the molecule is Cc1ccnc(NC(=O)c2sc(-n3cccc3)nc2C)c1. The molecule has 3 aromatic heterocycles. The van der Waals surface area contributed by atoms with Gasteiger partial charge in [-0.15, -0.1) is 0 Å². The van der Waals surface area contributed by atoms with Gasteiger partial charge in [0.05, 0.1) is 5.69 Å². The Morgan fingerprint density at radius 3 is 2.76 bits per heavy atom. The molecule has 3 aromatic rings. The number of pyridine rings is 1. The average Bonchev–Trinajstić information content (AvgIpc) is 3.07. The summed E-state index contributed by atoms with van der Waals surface area (Å²) in [6.45, 7) is 3.79. The third-order valence-electron chi connectivity index (χ3n) is 2.97. The summed E-state index contributed by atoms with van der Waals surface area (Å²) >= 11 is 1.36. The van der Waals surface area contributed by atoms with Gasteiger partial charge in [-0.05, 0) is 43.7 Å². The molecule has 1 amide bonds. The number of carbonyl (C=O) groups excluding carboxylic acids is 1. The van der Waals surface area contributed by atoms with Gasteiger partial charge in [-0.1, -0.05) is 11.3 Å². The Kier molecular flexibility index (Phi) is 3.53. The number of hydrogen-bond acceptors (Lipinski definition) is 4. The topological polar surface area (TPSA) is 59.8 Å². The van der Waals surface area contributed by atoms with Crippen molar-refractivity contribution in [1.29, 1.82) is 0 Å². The van der Waals surface area contributed by atoms with E-state index in [-0.39, 0.29) is 5.91 Å². The van der Waals surface area contributed by atoms with E-state index in [1.807, 2.05) is 55.1 Å². The van der Waals surface area contributed by atoms with Gasteiger partial charge in [-0.25, -0.2) is 9.97 Å². The molecular weight excluding hydrogens is 284 g/mol. The fourth-order valence-electron chi connectivity index (χ4n) is 1.94. The number of aryl methyl sites for hydroxylation is 2. The summed E-state index contributed by atoms with van der Waals surface area (Å²) in [7, 11) is 0. The number of thiazole rings is 1. The zero-order valence-electron chi connectivity index (χ0n) is 11.7. The predicted molar refractivity (Wildman–Crippen MR) is 83.1 cm³/mol. The van der Waals surface area contributed by atoms with E-state index in [0.717, 1.165) is 10.7 Å². The quantitative estimate of drug-likeness (QED) is 0.807. The van der Waals surface area contributed by atoms with E-state index in [9.17, 15) is 4.79 Å². The molecule has 0 aromatic carbocycles. The summed E-state index contributed by atoms with van der Waals surface area (Å²) in [5, 5.41) is 3.59. The highest BCUT2D eigenvalue weighted by molar-refractivity contribution is 7.16. The van der Waals surface area contributed by atoms with Crippen molar-refractivity contribution in [2.24, 2.45) is 0 Å². The van der Waals surface area contributed by atoms with Gasteiger partial charge in [0.15, 0.2) is 5.13 Å². The van der Waals surface area contributed by atoms with Crippen molar-refractivity contribution in [3.8, 4) is 5.13 Å². The second-order valence-corrected chi connectivity index (χ2v) is 5.65. The van der Waals surface area contributed by atoms with E-state index in [2.05, 4.69) is 15.3 Å². The minimum Gasteiger partial charge on any atom is -0.306 e. The summed E-state index contributed by atoms with van der Waals surface area (Å²) in [6, 6.07) is 7.57. The van der Waals surface area contributed by atoms with Crippen LogP contribution in [-0.4, -0.2) is 20.4 Å². The van der Waals surface area contributed by atoms with Crippen LogP contribution in [0.4, 0.5) is 5.82 Å². The first-order valence-electron chi connectivity index (χ1n) is 6.48. The monoisotopic (exact) mass is 298 g/mol. The largest absolute Gasteiger partial charge is 0.306 e. The normalized spacial score (nSPS) is 10.6. The molecule has 0 saturated heterocycles. The number of carbonyl (C=O) groups is 1. The molecule has 0 unspecified atom stereocenters. The fraction of sp³-hybridized carbons (Fsp3) is 0.133. The Labute approximate surface area is 126 Å². The van der Waals surface area contributed by atoms with Crippen LogP contribution in [0, 0.1) is 13.8 Å². The van der Waals surface area contributed by atoms with Crippen LogP contribution in [-0.2, 0) is 0 Å². The molecule has 106 valence electrons. The molecule has 0 spiro atoms. The molecular formula is C15H14N4OS. The molecule has 3 rings (SSSR count). The number of hydrogen-bond donors (Lipinski definition) is 1. The van der Waals surface area contributed by atoms with Crippen molar-refractivity contribution in [3.63, 3.8) is 0 Å². The molecule has 5 nitrogen and oxygen atoms in total. The second kappa shape index (κ2) is 5.49. The zero-order chi connectivity index (χ0) is 14.8. The molecule has 0 fully saturated rings. The third-order valence-corrected chi connectivity index (χ3v) is 4.14. The van der Waals surface area contributed by atoms with E-state index < -0.39 is 0 Å². The molecule has 21 heavy (non-hydrogen) atoms. The molecule has 0 aliphatic heterocycles. The lowest BCUT2D eigenvalue weighted by Crippen LogP contribution is -2.12. The number of amides is 1. The van der Waals surface area contributed by atoms with Crippen molar-refractivity contribution < 1.29 is 4.79 Å². The molecule has 0 radical (unpaired) electrons. The first-order valence-corrected chi connectivity index (χ1v) is 7.30. The molecule has 0 aliphatic rings. The highest BCUT2D eigenvalue weighted by atomic mass is 32.1. The van der Waals surface area contributed by atoms with Gasteiger partial charge in [0, 0.05) is 18.6 Å². The molecule has 0 atom stereocenters. The molecule has 0 bridgehead atoms. The second-order valence-electron chi connectivity index (χ2n) is 4.67. The van der Waals surface area contributed by atoms with Crippen LogP contribution < -0.4 is 5.32 Å². The smallest absolute Gasteiger partial charge is 0.268 e. The van der Waals surface area contributed by atoms with Crippen LogP contribution in [0.1, 0.15) is 20.9 Å². The maximum Gasteiger partial charge on any atom is 0.268 e. The van der Waals surface area contributed by atoms with E-state index in [1.165, 1.54) is 11.3 Å². The first kappa shape index (κ1) is 13.5. The lowest BCUT2D eigenvalue weighted by molar-refractivity contribution is 0.102. The summed E-state index contributed by atoms with van der Waals surface area (Å²) in [6.07, 6.45) is 5.49. The van der Waals surface area contributed by atoms with Gasteiger partial charge < -0.3 is 9.88 Å². The highest BCUT2D eigenvalue weighted by Gasteiger charge is 2.16. The molecule has 1 N–H and O–H groups in total. The van der Waals surface area contributed by atoms with Gasteiger partial charge in [0.25, 0.3) is 5.91 Å². The highest BCUT2D eigenvalue weighted by Crippen LogP contribution is 2.22. The minimum atomic E-state index is -0.179. The van der Waals surface area contributed by atoms with Gasteiger partial charge >= 0.3 is 0 Å².